The van der Waals surface area contributed by atoms with E-state index in [2.05, 4.69) is 5.32 Å². The van der Waals surface area contributed by atoms with Gasteiger partial charge >= 0.3 is 5.97 Å². The number of rotatable bonds is 7. The molecule has 1 unspecified atom stereocenters. The fourth-order valence-corrected chi connectivity index (χ4v) is 2.44. The third-order valence-corrected chi connectivity index (χ3v) is 3.54. The number of hydrogen-bond acceptors (Lipinski definition) is 5. The average Bonchev–Trinajstić information content (AvgIpc) is 2.41. The Bertz CT molecular complexity index is 410. The number of carbonyl (C=O) groups excluding carboxylic acids is 1. The maximum atomic E-state index is 11.3. The van der Waals surface area contributed by atoms with Crippen molar-refractivity contribution in [1.29, 1.82) is 0 Å². The Morgan fingerprint density at radius 2 is 2.24 bits per heavy atom. The van der Waals surface area contributed by atoms with Crippen LogP contribution in [0.5, 0.6) is 0 Å². The van der Waals surface area contributed by atoms with Gasteiger partial charge in [0.1, 0.15) is 0 Å². The van der Waals surface area contributed by atoms with Crippen LogP contribution in [0.15, 0.2) is 11.6 Å². The number of hydrogen-bond donors (Lipinski definition) is 4. The van der Waals surface area contributed by atoms with E-state index in [0.29, 0.717) is 12.8 Å². The summed E-state index contributed by atoms with van der Waals surface area (Å²) in [6.45, 7) is 3.28. The van der Waals surface area contributed by atoms with Gasteiger partial charge in [-0.3, -0.25) is 4.79 Å². The van der Waals surface area contributed by atoms with Gasteiger partial charge in [0.2, 0.25) is 5.91 Å². The Labute approximate surface area is 124 Å². The number of aliphatic hydroxyl groups excluding tert-OH is 1. The van der Waals surface area contributed by atoms with Gasteiger partial charge in [0.15, 0.2) is 0 Å². The summed E-state index contributed by atoms with van der Waals surface area (Å²) in [5, 5.41) is 20.9. The molecule has 0 radical (unpaired) electrons. The van der Waals surface area contributed by atoms with Crippen molar-refractivity contribution in [2.75, 3.05) is 6.61 Å². The standard InChI is InChI=1S/C14H24N2O5/c1-3-10(4-5-17)21-12-7-9(14(19)20)6-11(15)13(12)16-8(2)18/h7,10-13,17H,3-6,15H2,1-2H3,(H,16,18)(H,19,20)/t10?,11-,12+,13+/m0/s1. The first-order valence-electron chi connectivity index (χ1n) is 7.12. The summed E-state index contributed by atoms with van der Waals surface area (Å²) in [7, 11) is 0. The Hall–Kier alpha value is -1.44. The molecule has 21 heavy (non-hydrogen) atoms. The van der Waals surface area contributed by atoms with Crippen LogP contribution < -0.4 is 11.1 Å². The van der Waals surface area contributed by atoms with Crippen molar-refractivity contribution in [3.63, 3.8) is 0 Å². The molecule has 0 spiro atoms. The fraction of sp³-hybridized carbons (Fsp3) is 0.714. The van der Waals surface area contributed by atoms with Crippen LogP contribution in [0.1, 0.15) is 33.1 Å². The number of carbonyl (C=O) groups is 2. The second-order valence-corrected chi connectivity index (χ2v) is 5.23. The summed E-state index contributed by atoms with van der Waals surface area (Å²) in [6, 6.07) is -1.00. The number of aliphatic hydroxyl groups is 1. The van der Waals surface area contributed by atoms with Crippen LogP contribution in [0.2, 0.25) is 0 Å². The van der Waals surface area contributed by atoms with Gasteiger partial charge in [-0.2, -0.15) is 0 Å². The van der Waals surface area contributed by atoms with Crippen molar-refractivity contribution in [2.24, 2.45) is 5.73 Å². The first-order chi connectivity index (χ1) is 9.88. The molecule has 0 bridgehead atoms. The van der Waals surface area contributed by atoms with E-state index in [1.54, 1.807) is 0 Å². The Morgan fingerprint density at radius 3 is 2.71 bits per heavy atom. The number of carboxylic acid groups (broad SMARTS) is 1. The van der Waals surface area contributed by atoms with E-state index in [9.17, 15) is 9.59 Å². The molecule has 5 N–H and O–H groups in total. The zero-order chi connectivity index (χ0) is 16.0. The van der Waals surface area contributed by atoms with E-state index in [0.717, 1.165) is 0 Å². The molecular formula is C14H24N2O5. The van der Waals surface area contributed by atoms with E-state index in [1.807, 2.05) is 6.92 Å². The summed E-state index contributed by atoms with van der Waals surface area (Å²) < 4.78 is 5.85. The lowest BCUT2D eigenvalue weighted by molar-refractivity contribution is -0.133. The van der Waals surface area contributed by atoms with Crippen molar-refractivity contribution in [2.45, 2.75) is 57.4 Å². The number of ether oxygens (including phenoxy) is 1. The maximum absolute atomic E-state index is 11.3. The number of aliphatic carboxylic acids is 1. The van der Waals surface area contributed by atoms with Gasteiger partial charge in [0.25, 0.3) is 0 Å². The van der Waals surface area contributed by atoms with Gasteiger partial charge in [-0.05, 0) is 25.3 Å². The molecule has 0 heterocycles. The lowest BCUT2D eigenvalue weighted by Crippen LogP contribution is -2.57. The van der Waals surface area contributed by atoms with Crippen LogP contribution in [0, 0.1) is 0 Å². The molecule has 0 fully saturated rings. The average molecular weight is 300 g/mol. The summed E-state index contributed by atoms with van der Waals surface area (Å²) in [5.41, 5.74) is 6.18. The maximum Gasteiger partial charge on any atom is 0.331 e. The number of nitrogens with one attached hydrogen (secondary N) is 1. The molecule has 1 amide bonds. The fourth-order valence-electron chi connectivity index (χ4n) is 2.44. The summed E-state index contributed by atoms with van der Waals surface area (Å²) in [4.78, 5) is 22.4. The molecular weight excluding hydrogens is 276 g/mol. The normalized spacial score (nSPS) is 26.9. The minimum absolute atomic E-state index is 0.0163. The number of nitrogens with two attached hydrogens (primary N) is 1. The van der Waals surface area contributed by atoms with Crippen molar-refractivity contribution in [3.05, 3.63) is 11.6 Å². The van der Waals surface area contributed by atoms with Crippen molar-refractivity contribution < 1.29 is 24.5 Å². The molecule has 1 rings (SSSR count). The van der Waals surface area contributed by atoms with Gasteiger partial charge in [-0.25, -0.2) is 4.79 Å². The second kappa shape index (κ2) is 8.11. The monoisotopic (exact) mass is 300 g/mol. The molecule has 7 heteroatoms. The molecule has 0 aromatic heterocycles. The van der Waals surface area contributed by atoms with Crippen LogP contribution in [0.4, 0.5) is 0 Å². The minimum atomic E-state index is -1.03. The highest BCUT2D eigenvalue weighted by Crippen LogP contribution is 2.23. The Balaban J connectivity index is 2.94. The molecule has 0 aromatic carbocycles. The lowest BCUT2D eigenvalue weighted by atomic mass is 9.88. The summed E-state index contributed by atoms with van der Waals surface area (Å²) in [6.07, 6.45) is 1.98. The highest BCUT2D eigenvalue weighted by molar-refractivity contribution is 5.87. The third kappa shape index (κ3) is 5.11. The van der Waals surface area contributed by atoms with Crippen molar-refractivity contribution in [3.8, 4) is 0 Å². The molecule has 0 saturated carbocycles. The van der Waals surface area contributed by atoms with E-state index < -0.39 is 24.2 Å². The molecule has 4 atom stereocenters. The zero-order valence-electron chi connectivity index (χ0n) is 12.4. The van der Waals surface area contributed by atoms with Crippen LogP contribution in [-0.4, -0.2) is 53.0 Å². The Morgan fingerprint density at radius 1 is 1.57 bits per heavy atom. The SMILES string of the molecule is CCC(CCO)O[C@@H]1C=C(C(=O)O)C[C@H](N)[C@H]1NC(C)=O. The third-order valence-electron chi connectivity index (χ3n) is 3.54. The molecule has 0 aromatic rings. The van der Waals surface area contributed by atoms with Crippen molar-refractivity contribution in [1.82, 2.24) is 5.32 Å². The topological polar surface area (TPSA) is 122 Å². The molecule has 0 saturated heterocycles. The van der Waals surface area contributed by atoms with Gasteiger partial charge in [0.05, 0.1) is 18.2 Å². The highest BCUT2D eigenvalue weighted by atomic mass is 16.5. The predicted octanol–water partition coefficient (Wildman–Crippen LogP) is -0.221. The first kappa shape index (κ1) is 17.6. The minimum Gasteiger partial charge on any atom is -0.478 e. The van der Waals surface area contributed by atoms with Crippen LogP contribution >= 0.6 is 0 Å². The van der Waals surface area contributed by atoms with E-state index >= 15 is 0 Å². The van der Waals surface area contributed by atoms with Crippen molar-refractivity contribution >= 4 is 11.9 Å². The molecule has 1 aliphatic carbocycles. The summed E-state index contributed by atoms with van der Waals surface area (Å²) >= 11 is 0. The predicted molar refractivity (Wildman–Crippen MR) is 76.6 cm³/mol. The first-order valence-corrected chi connectivity index (χ1v) is 7.12. The summed E-state index contributed by atoms with van der Waals surface area (Å²) in [5.74, 6) is -1.28. The smallest absolute Gasteiger partial charge is 0.331 e. The van der Waals surface area contributed by atoms with E-state index in [1.165, 1.54) is 13.0 Å². The number of amides is 1. The molecule has 0 aliphatic heterocycles. The number of carboxylic acids is 1. The quantitative estimate of drug-likeness (QED) is 0.515. The second-order valence-electron chi connectivity index (χ2n) is 5.23. The molecule has 7 nitrogen and oxygen atoms in total. The van der Waals surface area contributed by atoms with Gasteiger partial charge in [-0.1, -0.05) is 6.92 Å². The highest BCUT2D eigenvalue weighted by Gasteiger charge is 2.35. The van der Waals surface area contributed by atoms with E-state index in [-0.39, 0.29) is 30.6 Å². The van der Waals surface area contributed by atoms with Crippen LogP contribution in [0.25, 0.3) is 0 Å². The van der Waals surface area contributed by atoms with Crippen LogP contribution in [-0.2, 0) is 14.3 Å². The Kier molecular flexibility index (Phi) is 6.80. The van der Waals surface area contributed by atoms with Gasteiger partial charge < -0.3 is 26.0 Å². The van der Waals surface area contributed by atoms with Gasteiger partial charge in [0, 0.05) is 25.1 Å². The largest absolute Gasteiger partial charge is 0.478 e. The van der Waals surface area contributed by atoms with Gasteiger partial charge in [-0.15, -0.1) is 0 Å². The lowest BCUT2D eigenvalue weighted by Gasteiger charge is -2.36. The zero-order valence-corrected chi connectivity index (χ0v) is 12.4. The van der Waals surface area contributed by atoms with E-state index in [4.69, 9.17) is 20.7 Å². The van der Waals surface area contributed by atoms with Crippen LogP contribution in [0.3, 0.4) is 0 Å². The molecule has 120 valence electrons. The molecule has 1 aliphatic rings.